The molecule has 0 radical (unpaired) electrons. The second kappa shape index (κ2) is 7.27. The summed E-state index contributed by atoms with van der Waals surface area (Å²) in [7, 11) is 1.66. The second-order valence-electron chi connectivity index (χ2n) is 5.90. The first-order valence-electron chi connectivity index (χ1n) is 7.12. The van der Waals surface area contributed by atoms with Crippen LogP contribution in [0.25, 0.3) is 0 Å². The fraction of sp³-hybridized carbons (Fsp3) is 0.625. The van der Waals surface area contributed by atoms with Gasteiger partial charge in [-0.2, -0.15) is 13.2 Å². The van der Waals surface area contributed by atoms with Crippen LogP contribution in [0, 0.1) is 0 Å². The maximum Gasteiger partial charge on any atom is 0.416 e. The van der Waals surface area contributed by atoms with Crippen LogP contribution in [0.4, 0.5) is 13.2 Å². The molecule has 0 aliphatic carbocycles. The predicted molar refractivity (Wildman–Crippen MR) is 78.2 cm³/mol. The normalized spacial score (nSPS) is 14.2. The average Bonchev–Trinajstić information content (AvgIpc) is 2.43. The van der Waals surface area contributed by atoms with E-state index >= 15 is 0 Å². The molecule has 1 atom stereocenters. The fourth-order valence-electron chi connectivity index (χ4n) is 2.25. The molecule has 1 aromatic carbocycles. The maximum absolute atomic E-state index is 12.6. The van der Waals surface area contributed by atoms with E-state index in [0.717, 1.165) is 37.0 Å². The summed E-state index contributed by atoms with van der Waals surface area (Å²) in [6.45, 7) is 4.51. The Morgan fingerprint density at radius 1 is 1.10 bits per heavy atom. The Morgan fingerprint density at radius 2 is 1.67 bits per heavy atom. The minimum absolute atomic E-state index is 0.159. The number of ether oxygens (including phenoxy) is 1. The van der Waals surface area contributed by atoms with Gasteiger partial charge in [0.2, 0.25) is 0 Å². The van der Waals surface area contributed by atoms with Crippen molar-refractivity contribution >= 4 is 0 Å². The quantitative estimate of drug-likeness (QED) is 0.813. The molecule has 0 saturated carbocycles. The lowest BCUT2D eigenvalue weighted by Gasteiger charge is -2.26. The third-order valence-electron chi connectivity index (χ3n) is 3.87. The van der Waals surface area contributed by atoms with Crippen LogP contribution in [-0.2, 0) is 10.9 Å². The van der Waals surface area contributed by atoms with Gasteiger partial charge < -0.3 is 10.5 Å². The first kappa shape index (κ1) is 18.0. The van der Waals surface area contributed by atoms with E-state index in [0.29, 0.717) is 6.54 Å². The van der Waals surface area contributed by atoms with Crippen LogP contribution in [0.3, 0.4) is 0 Å². The van der Waals surface area contributed by atoms with E-state index in [1.54, 1.807) is 19.2 Å². The summed E-state index contributed by atoms with van der Waals surface area (Å²) in [5, 5.41) is 0. The van der Waals surface area contributed by atoms with E-state index in [4.69, 9.17) is 10.5 Å². The Morgan fingerprint density at radius 3 is 2.10 bits per heavy atom. The summed E-state index contributed by atoms with van der Waals surface area (Å²) >= 11 is 0. The van der Waals surface area contributed by atoms with Crippen molar-refractivity contribution in [1.82, 2.24) is 0 Å². The molecule has 0 aliphatic heterocycles. The molecule has 0 saturated heterocycles. The third kappa shape index (κ3) is 5.67. The largest absolute Gasteiger partial charge is 0.416 e. The summed E-state index contributed by atoms with van der Waals surface area (Å²) in [4.78, 5) is 0. The number of hydrogen-bond acceptors (Lipinski definition) is 2. The molecule has 120 valence electrons. The average molecular weight is 303 g/mol. The summed E-state index contributed by atoms with van der Waals surface area (Å²) in [6.07, 6.45) is -1.87. The van der Waals surface area contributed by atoms with Crippen molar-refractivity contribution in [2.45, 2.75) is 50.8 Å². The minimum atomic E-state index is -4.29. The molecule has 1 aromatic rings. The number of nitrogens with two attached hydrogens (primary N) is 1. The van der Waals surface area contributed by atoms with Gasteiger partial charge in [-0.15, -0.1) is 0 Å². The number of hydrogen-bond donors (Lipinski definition) is 1. The number of benzene rings is 1. The molecule has 2 N–H and O–H groups in total. The smallest absolute Gasteiger partial charge is 0.379 e. The number of methoxy groups -OCH3 is 1. The highest BCUT2D eigenvalue weighted by atomic mass is 19.4. The number of halogens is 3. The molecular weight excluding hydrogens is 279 g/mol. The summed E-state index contributed by atoms with van der Waals surface area (Å²) in [5.74, 6) is 0.159. The van der Waals surface area contributed by atoms with Crippen molar-refractivity contribution in [2.75, 3.05) is 13.7 Å². The monoisotopic (exact) mass is 303 g/mol. The van der Waals surface area contributed by atoms with Gasteiger partial charge in [-0.25, -0.2) is 0 Å². The first-order chi connectivity index (χ1) is 9.69. The molecule has 0 fully saturated rings. The van der Waals surface area contributed by atoms with Gasteiger partial charge in [0.25, 0.3) is 0 Å². The van der Waals surface area contributed by atoms with Crippen molar-refractivity contribution < 1.29 is 17.9 Å². The van der Waals surface area contributed by atoms with Crippen LogP contribution in [0.15, 0.2) is 24.3 Å². The maximum atomic E-state index is 12.6. The number of alkyl halides is 3. The van der Waals surface area contributed by atoms with Crippen LogP contribution >= 0.6 is 0 Å². The molecule has 21 heavy (non-hydrogen) atoms. The SMILES string of the molecule is COC(C)(C)CCC(CCN)c1ccc(C(F)(F)F)cc1. The zero-order chi connectivity index (χ0) is 16.1. The Kier molecular flexibility index (Phi) is 6.23. The molecule has 0 heterocycles. The Hall–Kier alpha value is -1.07. The zero-order valence-corrected chi connectivity index (χ0v) is 12.8. The van der Waals surface area contributed by atoms with E-state index in [-0.39, 0.29) is 11.5 Å². The molecule has 0 amide bonds. The van der Waals surface area contributed by atoms with E-state index in [1.807, 2.05) is 13.8 Å². The van der Waals surface area contributed by atoms with E-state index in [2.05, 4.69) is 0 Å². The van der Waals surface area contributed by atoms with Gasteiger partial charge in [0.15, 0.2) is 0 Å². The first-order valence-corrected chi connectivity index (χ1v) is 7.12. The summed E-state index contributed by atoms with van der Waals surface area (Å²) in [6, 6.07) is 5.40. The Balaban J connectivity index is 2.81. The lowest BCUT2D eigenvalue weighted by molar-refractivity contribution is -0.137. The summed E-state index contributed by atoms with van der Waals surface area (Å²) in [5.41, 5.74) is 5.68. The molecule has 5 heteroatoms. The molecule has 1 unspecified atom stereocenters. The molecule has 2 nitrogen and oxygen atoms in total. The predicted octanol–water partition coefficient (Wildman–Crippen LogP) is 4.34. The highest BCUT2D eigenvalue weighted by Gasteiger charge is 2.30. The topological polar surface area (TPSA) is 35.2 Å². The van der Waals surface area contributed by atoms with E-state index in [9.17, 15) is 13.2 Å². The lowest BCUT2D eigenvalue weighted by atomic mass is 9.87. The minimum Gasteiger partial charge on any atom is -0.379 e. The second-order valence-corrected chi connectivity index (χ2v) is 5.90. The van der Waals surface area contributed by atoms with Crippen LogP contribution in [0.5, 0.6) is 0 Å². The van der Waals surface area contributed by atoms with Crippen molar-refractivity contribution in [3.63, 3.8) is 0 Å². The summed E-state index contributed by atoms with van der Waals surface area (Å²) < 4.78 is 43.1. The standard InChI is InChI=1S/C16H24F3NO/c1-15(2,21-3)10-8-13(9-11-20)12-4-6-14(7-5-12)16(17,18)19/h4-7,13H,8-11,20H2,1-3H3. The zero-order valence-electron chi connectivity index (χ0n) is 12.8. The number of rotatable bonds is 7. The van der Waals surface area contributed by atoms with Gasteiger partial charge in [0.05, 0.1) is 11.2 Å². The van der Waals surface area contributed by atoms with Crippen molar-refractivity contribution in [1.29, 1.82) is 0 Å². The van der Waals surface area contributed by atoms with Crippen LogP contribution in [0.1, 0.15) is 50.2 Å². The molecular formula is C16H24F3NO. The molecule has 0 aromatic heterocycles. The molecule has 0 spiro atoms. The molecule has 0 bridgehead atoms. The van der Waals surface area contributed by atoms with Crippen molar-refractivity contribution in [3.8, 4) is 0 Å². The fourth-order valence-corrected chi connectivity index (χ4v) is 2.25. The van der Waals surface area contributed by atoms with Gasteiger partial charge >= 0.3 is 6.18 Å². The van der Waals surface area contributed by atoms with Crippen LogP contribution in [0.2, 0.25) is 0 Å². The van der Waals surface area contributed by atoms with Gasteiger partial charge in [0.1, 0.15) is 0 Å². The molecule has 0 aliphatic rings. The van der Waals surface area contributed by atoms with E-state index < -0.39 is 11.7 Å². The highest BCUT2D eigenvalue weighted by Crippen LogP contribution is 2.33. The van der Waals surface area contributed by atoms with Gasteiger partial charge in [-0.3, -0.25) is 0 Å². The third-order valence-corrected chi connectivity index (χ3v) is 3.87. The van der Waals surface area contributed by atoms with Crippen LogP contribution < -0.4 is 5.73 Å². The van der Waals surface area contributed by atoms with Gasteiger partial charge in [0, 0.05) is 7.11 Å². The van der Waals surface area contributed by atoms with Gasteiger partial charge in [-0.05, 0) is 63.3 Å². The van der Waals surface area contributed by atoms with Crippen molar-refractivity contribution in [2.24, 2.45) is 5.73 Å². The Bertz CT molecular complexity index is 426. The highest BCUT2D eigenvalue weighted by molar-refractivity contribution is 5.27. The molecule has 1 rings (SSSR count). The van der Waals surface area contributed by atoms with Crippen molar-refractivity contribution in [3.05, 3.63) is 35.4 Å². The van der Waals surface area contributed by atoms with Crippen LogP contribution in [-0.4, -0.2) is 19.3 Å². The van der Waals surface area contributed by atoms with E-state index in [1.165, 1.54) is 0 Å². The van der Waals surface area contributed by atoms with Gasteiger partial charge in [-0.1, -0.05) is 12.1 Å². The lowest BCUT2D eigenvalue weighted by Crippen LogP contribution is -2.23. The Labute approximate surface area is 124 Å².